The molecule has 1 saturated carbocycles. The minimum atomic E-state index is -0.834. The molecule has 2 saturated heterocycles. The summed E-state index contributed by atoms with van der Waals surface area (Å²) in [6.45, 7) is 1.11. The summed E-state index contributed by atoms with van der Waals surface area (Å²) in [4.78, 5) is 57.2. The third kappa shape index (κ3) is 6.21. The molecule has 41 heavy (non-hydrogen) atoms. The summed E-state index contributed by atoms with van der Waals surface area (Å²) in [5.74, 6) is -1.59. The summed E-state index contributed by atoms with van der Waals surface area (Å²) < 4.78 is 13.6. The molecule has 0 unspecified atom stereocenters. The molecule has 2 aromatic rings. The number of likely N-dealkylation sites (tertiary alicyclic amines) is 1. The van der Waals surface area contributed by atoms with Gasteiger partial charge in [-0.1, -0.05) is 43.5 Å². The number of para-hydroxylation sites is 1. The molecule has 0 atom stereocenters. The van der Waals surface area contributed by atoms with E-state index in [0.29, 0.717) is 38.2 Å². The molecule has 10 heteroatoms. The maximum Gasteiger partial charge on any atom is 0.250 e. The number of benzene rings is 2. The van der Waals surface area contributed by atoms with Gasteiger partial charge in [0.2, 0.25) is 17.7 Å². The first kappa shape index (κ1) is 28.6. The van der Waals surface area contributed by atoms with Gasteiger partial charge in [0.1, 0.15) is 17.9 Å². The number of carbonyl (C=O) groups excluding carboxylic acids is 4. The van der Waals surface area contributed by atoms with Crippen molar-refractivity contribution in [1.82, 2.24) is 15.1 Å². The van der Waals surface area contributed by atoms with Gasteiger partial charge in [-0.05, 0) is 61.9 Å². The summed E-state index contributed by atoms with van der Waals surface area (Å²) in [6, 6.07) is 13.7. The lowest BCUT2D eigenvalue weighted by Crippen LogP contribution is -2.57. The van der Waals surface area contributed by atoms with Crippen LogP contribution in [-0.2, 0) is 20.8 Å². The summed E-state index contributed by atoms with van der Waals surface area (Å²) in [5.41, 5.74) is 6.08. The lowest BCUT2D eigenvalue weighted by Gasteiger charge is -2.43. The van der Waals surface area contributed by atoms with Crippen molar-refractivity contribution in [3.05, 3.63) is 65.5 Å². The highest BCUT2D eigenvalue weighted by Crippen LogP contribution is 2.39. The Morgan fingerprint density at radius 3 is 2.39 bits per heavy atom. The van der Waals surface area contributed by atoms with Crippen LogP contribution in [0.1, 0.15) is 67.3 Å². The van der Waals surface area contributed by atoms with Crippen molar-refractivity contribution < 1.29 is 23.6 Å². The van der Waals surface area contributed by atoms with E-state index in [2.05, 4.69) is 10.2 Å². The molecule has 5 rings (SSSR count). The number of hydrogen-bond donors (Lipinski definition) is 2. The molecule has 2 heterocycles. The number of amides is 4. The molecule has 2 aliphatic heterocycles. The summed E-state index contributed by atoms with van der Waals surface area (Å²) >= 11 is 0. The Balaban J connectivity index is 1.25. The minimum absolute atomic E-state index is 0.0168. The van der Waals surface area contributed by atoms with Crippen LogP contribution in [0.5, 0.6) is 0 Å². The predicted molar refractivity (Wildman–Crippen MR) is 152 cm³/mol. The fourth-order valence-corrected chi connectivity index (χ4v) is 6.54. The van der Waals surface area contributed by atoms with Crippen LogP contribution in [0.4, 0.5) is 10.1 Å². The van der Waals surface area contributed by atoms with E-state index in [9.17, 15) is 23.6 Å². The Kier molecular flexibility index (Phi) is 8.56. The molecule has 1 spiro atoms. The van der Waals surface area contributed by atoms with Crippen LogP contribution in [0.25, 0.3) is 0 Å². The van der Waals surface area contributed by atoms with E-state index >= 15 is 0 Å². The van der Waals surface area contributed by atoms with Crippen LogP contribution in [-0.4, -0.2) is 71.3 Å². The van der Waals surface area contributed by atoms with Crippen molar-refractivity contribution >= 4 is 29.3 Å². The van der Waals surface area contributed by atoms with E-state index in [1.165, 1.54) is 18.6 Å². The SMILES string of the molecule is NC(=O)c1cc(F)ccc1CCC(=O)N1CCC2(CC1)C(=O)N(CC(=O)NC1CCCCC1)CN2c1ccccc1. The Labute approximate surface area is 239 Å². The normalized spacial score (nSPS) is 19.0. The molecule has 0 aromatic heterocycles. The lowest BCUT2D eigenvalue weighted by atomic mass is 9.85. The molecular formula is C31H38FN5O4. The maximum atomic E-state index is 13.9. The highest BCUT2D eigenvalue weighted by molar-refractivity contribution is 5.96. The Morgan fingerprint density at radius 1 is 1.00 bits per heavy atom. The van der Waals surface area contributed by atoms with E-state index in [0.717, 1.165) is 37.4 Å². The number of hydrogen-bond acceptors (Lipinski definition) is 5. The van der Waals surface area contributed by atoms with E-state index in [1.54, 1.807) is 9.80 Å². The van der Waals surface area contributed by atoms with Gasteiger partial charge in [0.05, 0.1) is 6.67 Å². The number of nitrogens with two attached hydrogens (primary N) is 1. The molecule has 0 radical (unpaired) electrons. The van der Waals surface area contributed by atoms with Crippen LogP contribution < -0.4 is 16.0 Å². The van der Waals surface area contributed by atoms with Crippen molar-refractivity contribution in [1.29, 1.82) is 0 Å². The topological polar surface area (TPSA) is 116 Å². The van der Waals surface area contributed by atoms with Gasteiger partial charge in [0.15, 0.2) is 0 Å². The highest BCUT2D eigenvalue weighted by Gasteiger charge is 2.54. The summed E-state index contributed by atoms with van der Waals surface area (Å²) in [6.07, 6.45) is 6.68. The van der Waals surface area contributed by atoms with Crippen LogP contribution in [0.15, 0.2) is 48.5 Å². The molecule has 9 nitrogen and oxygen atoms in total. The van der Waals surface area contributed by atoms with Gasteiger partial charge in [-0.2, -0.15) is 0 Å². The van der Waals surface area contributed by atoms with Crippen LogP contribution in [0, 0.1) is 5.82 Å². The molecule has 0 bridgehead atoms. The predicted octanol–water partition coefficient (Wildman–Crippen LogP) is 2.97. The van der Waals surface area contributed by atoms with Crippen LogP contribution >= 0.6 is 0 Å². The fourth-order valence-electron chi connectivity index (χ4n) is 6.54. The van der Waals surface area contributed by atoms with E-state index in [-0.39, 0.29) is 48.7 Å². The number of nitrogens with zero attached hydrogens (tertiary/aromatic N) is 3. The number of anilines is 1. The third-order valence-corrected chi connectivity index (χ3v) is 8.78. The zero-order valence-corrected chi connectivity index (χ0v) is 23.3. The second-order valence-corrected chi connectivity index (χ2v) is 11.4. The first-order valence-corrected chi connectivity index (χ1v) is 14.5. The summed E-state index contributed by atoms with van der Waals surface area (Å²) in [5, 5.41) is 3.12. The smallest absolute Gasteiger partial charge is 0.250 e. The monoisotopic (exact) mass is 563 g/mol. The second-order valence-electron chi connectivity index (χ2n) is 11.4. The van der Waals surface area contributed by atoms with Crippen molar-refractivity contribution in [2.24, 2.45) is 5.73 Å². The van der Waals surface area contributed by atoms with Gasteiger partial charge in [-0.25, -0.2) is 4.39 Å². The van der Waals surface area contributed by atoms with Crippen LogP contribution in [0.3, 0.4) is 0 Å². The summed E-state index contributed by atoms with van der Waals surface area (Å²) in [7, 11) is 0. The third-order valence-electron chi connectivity index (χ3n) is 8.78. The van der Waals surface area contributed by atoms with Gasteiger partial charge in [-0.15, -0.1) is 0 Å². The molecule has 1 aliphatic carbocycles. The van der Waals surface area contributed by atoms with Crippen molar-refractivity contribution in [3.63, 3.8) is 0 Å². The maximum absolute atomic E-state index is 13.9. The first-order chi connectivity index (χ1) is 19.8. The molecule has 218 valence electrons. The zero-order chi connectivity index (χ0) is 29.0. The molecule has 2 aromatic carbocycles. The molecule has 3 N–H and O–H groups in total. The number of rotatable bonds is 8. The average Bonchev–Trinajstić information content (AvgIpc) is 3.23. The Hall–Kier alpha value is -3.95. The van der Waals surface area contributed by atoms with Gasteiger partial charge in [0.25, 0.3) is 5.91 Å². The lowest BCUT2D eigenvalue weighted by molar-refractivity contribution is -0.140. The van der Waals surface area contributed by atoms with Gasteiger partial charge in [0, 0.05) is 36.8 Å². The van der Waals surface area contributed by atoms with Gasteiger partial charge in [-0.3, -0.25) is 19.2 Å². The number of halogens is 1. The molecular weight excluding hydrogens is 525 g/mol. The van der Waals surface area contributed by atoms with E-state index < -0.39 is 17.3 Å². The van der Waals surface area contributed by atoms with Gasteiger partial charge < -0.3 is 25.8 Å². The van der Waals surface area contributed by atoms with E-state index in [1.807, 2.05) is 30.3 Å². The number of nitrogens with one attached hydrogen (secondary N) is 1. The van der Waals surface area contributed by atoms with Crippen LogP contribution in [0.2, 0.25) is 0 Å². The number of piperidine rings is 1. The fraction of sp³-hybridized carbons (Fsp3) is 0.484. The van der Waals surface area contributed by atoms with E-state index in [4.69, 9.17) is 5.73 Å². The minimum Gasteiger partial charge on any atom is -0.366 e. The van der Waals surface area contributed by atoms with Crippen molar-refractivity contribution in [2.45, 2.75) is 69.4 Å². The second kappa shape index (κ2) is 12.3. The zero-order valence-electron chi connectivity index (χ0n) is 23.3. The molecule has 3 fully saturated rings. The number of primary amides is 1. The number of aryl methyl sites for hydroxylation is 1. The average molecular weight is 564 g/mol. The van der Waals surface area contributed by atoms with Crippen molar-refractivity contribution in [2.75, 3.05) is 31.2 Å². The Bertz CT molecular complexity index is 1290. The Morgan fingerprint density at radius 2 is 1.71 bits per heavy atom. The number of carbonyl (C=O) groups is 4. The highest BCUT2D eigenvalue weighted by atomic mass is 19.1. The van der Waals surface area contributed by atoms with Gasteiger partial charge >= 0.3 is 0 Å². The van der Waals surface area contributed by atoms with Crippen molar-refractivity contribution in [3.8, 4) is 0 Å². The molecule has 3 aliphatic rings. The standard InChI is InChI=1S/C31H38FN5O4/c32-23-13-11-22(26(19-23)29(33)40)12-14-28(39)35-17-15-31(16-18-35)30(41)36(21-37(31)25-9-5-2-6-10-25)20-27(38)34-24-7-3-1-4-8-24/h2,5-6,9-11,13,19,24H,1,3-4,7-8,12,14-18,20-21H2,(H2,33,40)(H,34,38). The molecule has 4 amide bonds. The quantitative estimate of drug-likeness (QED) is 0.513. The largest absolute Gasteiger partial charge is 0.366 e. The first-order valence-electron chi connectivity index (χ1n) is 14.5.